The lowest BCUT2D eigenvalue weighted by molar-refractivity contribution is 0.447. The van der Waals surface area contributed by atoms with E-state index in [1.807, 2.05) is 0 Å². The van der Waals surface area contributed by atoms with Crippen LogP contribution in [-0.4, -0.2) is 0 Å². The molecule has 0 bridgehead atoms. The smallest absolute Gasteiger partial charge is 0.194 e. The normalized spacial score (nSPS) is 10.8. The van der Waals surface area contributed by atoms with Crippen LogP contribution in [0.4, 0.5) is 22.0 Å². The summed E-state index contributed by atoms with van der Waals surface area (Å²) in [5.74, 6) is -6.59. The van der Waals surface area contributed by atoms with Crippen LogP contribution in [0.1, 0.15) is 5.56 Å². The quantitative estimate of drug-likeness (QED) is 0.526. The third kappa shape index (κ3) is 2.08. The highest BCUT2D eigenvalue weighted by atomic mass is 19.2. The first-order valence-corrected chi connectivity index (χ1v) is 5.00. The van der Waals surface area contributed by atoms with E-state index in [2.05, 4.69) is 0 Å². The molecule has 0 radical (unpaired) electrons. The summed E-state index contributed by atoms with van der Waals surface area (Å²) < 4.78 is 65.9. The molecule has 0 N–H and O–H groups in total. The molecular formula is C13H7F5. The van der Waals surface area contributed by atoms with Crippen molar-refractivity contribution in [1.82, 2.24) is 0 Å². The molecule has 0 nitrogen and oxygen atoms in total. The molecule has 0 amide bonds. The van der Waals surface area contributed by atoms with Gasteiger partial charge >= 0.3 is 0 Å². The molecule has 0 spiro atoms. The summed E-state index contributed by atoms with van der Waals surface area (Å²) in [6.45, 7) is 1.47. The number of benzene rings is 2. The van der Waals surface area contributed by atoms with Gasteiger partial charge in [-0.05, 0) is 42.3 Å². The van der Waals surface area contributed by atoms with E-state index in [9.17, 15) is 22.0 Å². The maximum Gasteiger partial charge on any atom is 0.194 e. The Hall–Kier alpha value is -1.91. The van der Waals surface area contributed by atoms with E-state index in [1.165, 1.54) is 6.92 Å². The van der Waals surface area contributed by atoms with Crippen LogP contribution < -0.4 is 0 Å². The molecule has 18 heavy (non-hydrogen) atoms. The number of aryl methyl sites for hydroxylation is 1. The maximum atomic E-state index is 13.6. The van der Waals surface area contributed by atoms with Gasteiger partial charge in [-0.25, -0.2) is 22.0 Å². The lowest BCUT2D eigenvalue weighted by Crippen LogP contribution is -1.96. The van der Waals surface area contributed by atoms with Crippen molar-refractivity contribution in [2.45, 2.75) is 6.92 Å². The van der Waals surface area contributed by atoms with E-state index in [0.29, 0.717) is 17.7 Å². The highest BCUT2D eigenvalue weighted by Crippen LogP contribution is 2.29. The molecule has 0 saturated heterocycles. The molecular weight excluding hydrogens is 251 g/mol. The summed E-state index contributed by atoms with van der Waals surface area (Å²) in [6, 6.07) is 3.15. The van der Waals surface area contributed by atoms with Crippen molar-refractivity contribution in [3.05, 3.63) is 58.9 Å². The maximum absolute atomic E-state index is 13.6. The SMILES string of the molecule is Cc1cc(F)c(-c2cc(F)c(F)c(F)c2)c(F)c1. The highest BCUT2D eigenvalue weighted by molar-refractivity contribution is 5.65. The van der Waals surface area contributed by atoms with E-state index >= 15 is 0 Å². The first kappa shape index (κ1) is 12.5. The second-order valence-corrected chi connectivity index (χ2v) is 3.86. The zero-order chi connectivity index (χ0) is 13.4. The van der Waals surface area contributed by atoms with Crippen LogP contribution in [0, 0.1) is 36.0 Å². The average molecular weight is 258 g/mol. The predicted molar refractivity (Wildman–Crippen MR) is 56.4 cm³/mol. The van der Waals surface area contributed by atoms with Gasteiger partial charge in [-0.15, -0.1) is 0 Å². The molecule has 0 aliphatic heterocycles. The average Bonchev–Trinajstić information content (AvgIpc) is 2.24. The first-order chi connectivity index (χ1) is 8.40. The van der Waals surface area contributed by atoms with Gasteiger partial charge in [-0.1, -0.05) is 0 Å². The van der Waals surface area contributed by atoms with Gasteiger partial charge in [0.15, 0.2) is 17.5 Å². The topological polar surface area (TPSA) is 0 Å². The third-order valence-corrected chi connectivity index (χ3v) is 2.46. The fourth-order valence-electron chi connectivity index (χ4n) is 1.68. The molecule has 2 aromatic carbocycles. The first-order valence-electron chi connectivity index (χ1n) is 5.00. The molecule has 0 atom stereocenters. The monoisotopic (exact) mass is 258 g/mol. The van der Waals surface area contributed by atoms with Gasteiger partial charge in [0.05, 0.1) is 5.56 Å². The predicted octanol–water partition coefficient (Wildman–Crippen LogP) is 4.36. The van der Waals surface area contributed by atoms with E-state index in [4.69, 9.17) is 0 Å². The summed E-state index contributed by atoms with van der Waals surface area (Å²) >= 11 is 0. The van der Waals surface area contributed by atoms with Crippen molar-refractivity contribution in [3.63, 3.8) is 0 Å². The number of hydrogen-bond acceptors (Lipinski definition) is 0. The highest BCUT2D eigenvalue weighted by Gasteiger charge is 2.17. The van der Waals surface area contributed by atoms with E-state index in [1.54, 1.807) is 0 Å². The van der Waals surface area contributed by atoms with Gasteiger partial charge in [-0.2, -0.15) is 0 Å². The van der Waals surface area contributed by atoms with Crippen molar-refractivity contribution in [1.29, 1.82) is 0 Å². The molecule has 0 fully saturated rings. The molecule has 2 aromatic rings. The Morgan fingerprint density at radius 1 is 0.667 bits per heavy atom. The van der Waals surface area contributed by atoms with E-state index < -0.39 is 34.6 Å². The van der Waals surface area contributed by atoms with Gasteiger partial charge < -0.3 is 0 Å². The van der Waals surface area contributed by atoms with Crippen LogP contribution in [0.25, 0.3) is 11.1 Å². The van der Waals surface area contributed by atoms with Gasteiger partial charge in [-0.3, -0.25) is 0 Å². The van der Waals surface area contributed by atoms with E-state index in [-0.39, 0.29) is 5.56 Å². The molecule has 0 aliphatic rings. The minimum Gasteiger partial charge on any atom is -0.206 e. The molecule has 5 heteroatoms. The molecule has 94 valence electrons. The van der Waals surface area contributed by atoms with Gasteiger partial charge in [0, 0.05) is 0 Å². The summed E-state index contributed by atoms with van der Waals surface area (Å²) in [7, 11) is 0. The second-order valence-electron chi connectivity index (χ2n) is 3.86. The molecule has 0 aromatic heterocycles. The molecule has 2 rings (SSSR count). The molecule has 0 heterocycles. The van der Waals surface area contributed by atoms with Crippen molar-refractivity contribution in [2.75, 3.05) is 0 Å². The van der Waals surface area contributed by atoms with Gasteiger partial charge in [0.1, 0.15) is 11.6 Å². The lowest BCUT2D eigenvalue weighted by Gasteiger charge is -2.07. The molecule has 0 saturated carbocycles. The minimum absolute atomic E-state index is 0.330. The Morgan fingerprint density at radius 2 is 1.11 bits per heavy atom. The Morgan fingerprint density at radius 3 is 1.56 bits per heavy atom. The van der Waals surface area contributed by atoms with Crippen LogP contribution in [0.15, 0.2) is 24.3 Å². The van der Waals surface area contributed by atoms with Gasteiger partial charge in [0.25, 0.3) is 0 Å². The van der Waals surface area contributed by atoms with Crippen LogP contribution >= 0.6 is 0 Å². The van der Waals surface area contributed by atoms with Crippen LogP contribution in [0.5, 0.6) is 0 Å². The van der Waals surface area contributed by atoms with Crippen LogP contribution in [-0.2, 0) is 0 Å². The third-order valence-electron chi connectivity index (χ3n) is 2.46. The fraction of sp³-hybridized carbons (Fsp3) is 0.0769. The van der Waals surface area contributed by atoms with Crippen LogP contribution in [0.2, 0.25) is 0 Å². The van der Waals surface area contributed by atoms with E-state index in [0.717, 1.165) is 12.1 Å². The molecule has 0 unspecified atom stereocenters. The summed E-state index contributed by atoms with van der Waals surface area (Å²) in [6.07, 6.45) is 0. The zero-order valence-electron chi connectivity index (χ0n) is 9.20. The van der Waals surface area contributed by atoms with Crippen molar-refractivity contribution >= 4 is 0 Å². The molecule has 0 aliphatic carbocycles. The largest absolute Gasteiger partial charge is 0.206 e. The van der Waals surface area contributed by atoms with Crippen LogP contribution in [0.3, 0.4) is 0 Å². The Balaban J connectivity index is 2.70. The fourth-order valence-corrected chi connectivity index (χ4v) is 1.68. The summed E-state index contributed by atoms with van der Waals surface area (Å²) in [4.78, 5) is 0. The lowest BCUT2D eigenvalue weighted by atomic mass is 10.0. The van der Waals surface area contributed by atoms with Crippen molar-refractivity contribution in [2.24, 2.45) is 0 Å². The number of halogens is 5. The minimum atomic E-state index is -1.67. The summed E-state index contributed by atoms with van der Waals surface area (Å²) in [5.41, 5.74) is -0.642. The number of hydrogen-bond donors (Lipinski definition) is 0. The summed E-state index contributed by atoms with van der Waals surface area (Å²) in [5, 5.41) is 0. The zero-order valence-corrected chi connectivity index (χ0v) is 9.20. The number of rotatable bonds is 1. The van der Waals surface area contributed by atoms with Crippen molar-refractivity contribution < 1.29 is 22.0 Å². The second kappa shape index (κ2) is 4.40. The standard InChI is InChI=1S/C13H7F5/c1-6-2-8(14)12(9(15)3-6)7-4-10(16)13(18)11(17)5-7/h2-5H,1H3. The van der Waals surface area contributed by atoms with Crippen molar-refractivity contribution in [3.8, 4) is 11.1 Å². The van der Waals surface area contributed by atoms with Gasteiger partial charge in [0.2, 0.25) is 0 Å². The Kier molecular flexibility index (Phi) is 3.07. The Labute approximate surface area is 99.7 Å². The Bertz CT molecular complexity index is 573.